The number of ether oxygens (including phenoxy) is 1. The van der Waals surface area contributed by atoms with E-state index in [1.54, 1.807) is 7.11 Å². The van der Waals surface area contributed by atoms with E-state index in [2.05, 4.69) is 4.99 Å². The van der Waals surface area contributed by atoms with Crippen molar-refractivity contribution in [3.05, 3.63) is 0 Å². The SMILES string of the molecule is COCCN=C(N)N1CCC1=O. The lowest BCUT2D eigenvalue weighted by Crippen LogP contribution is -2.51. The Morgan fingerprint density at radius 1 is 1.83 bits per heavy atom. The van der Waals surface area contributed by atoms with E-state index in [9.17, 15) is 4.79 Å². The van der Waals surface area contributed by atoms with Crippen LogP contribution in [0.4, 0.5) is 0 Å². The minimum absolute atomic E-state index is 0.0497. The zero-order valence-corrected chi connectivity index (χ0v) is 7.12. The van der Waals surface area contributed by atoms with Gasteiger partial charge in [-0.2, -0.15) is 0 Å². The first kappa shape index (κ1) is 8.99. The fourth-order valence-electron chi connectivity index (χ4n) is 0.894. The molecule has 1 fully saturated rings. The number of methoxy groups -OCH3 is 1. The molecular weight excluding hydrogens is 158 g/mol. The molecule has 1 amide bonds. The second kappa shape index (κ2) is 4.06. The smallest absolute Gasteiger partial charge is 0.231 e. The molecule has 1 rings (SSSR count). The quantitative estimate of drug-likeness (QED) is 0.261. The summed E-state index contributed by atoms with van der Waals surface area (Å²) in [6.45, 7) is 1.73. The fourth-order valence-corrected chi connectivity index (χ4v) is 0.894. The summed E-state index contributed by atoms with van der Waals surface area (Å²) in [7, 11) is 1.60. The highest BCUT2D eigenvalue weighted by atomic mass is 16.5. The molecule has 5 nitrogen and oxygen atoms in total. The van der Waals surface area contributed by atoms with Crippen LogP contribution in [0.5, 0.6) is 0 Å². The number of hydrogen-bond donors (Lipinski definition) is 1. The summed E-state index contributed by atoms with van der Waals surface area (Å²) >= 11 is 0. The van der Waals surface area contributed by atoms with Crippen molar-refractivity contribution in [3.63, 3.8) is 0 Å². The van der Waals surface area contributed by atoms with E-state index in [1.807, 2.05) is 0 Å². The zero-order chi connectivity index (χ0) is 8.97. The molecule has 0 bridgehead atoms. The van der Waals surface area contributed by atoms with E-state index in [1.165, 1.54) is 4.90 Å². The van der Waals surface area contributed by atoms with Crippen molar-refractivity contribution < 1.29 is 9.53 Å². The highest BCUT2D eigenvalue weighted by Crippen LogP contribution is 2.06. The molecule has 0 aromatic rings. The van der Waals surface area contributed by atoms with Crippen molar-refractivity contribution in [1.82, 2.24) is 4.90 Å². The van der Waals surface area contributed by atoms with Crippen molar-refractivity contribution in [2.45, 2.75) is 6.42 Å². The maximum Gasteiger partial charge on any atom is 0.231 e. The molecular formula is C7H13N3O2. The zero-order valence-electron chi connectivity index (χ0n) is 7.12. The first-order chi connectivity index (χ1) is 5.75. The highest BCUT2D eigenvalue weighted by Gasteiger charge is 2.26. The number of carbonyl (C=O) groups excluding carboxylic acids is 1. The van der Waals surface area contributed by atoms with E-state index >= 15 is 0 Å². The number of nitrogens with two attached hydrogens (primary N) is 1. The lowest BCUT2D eigenvalue weighted by Gasteiger charge is -2.29. The van der Waals surface area contributed by atoms with Crippen LogP contribution in [0.2, 0.25) is 0 Å². The lowest BCUT2D eigenvalue weighted by molar-refractivity contribution is -0.134. The Morgan fingerprint density at radius 3 is 3.00 bits per heavy atom. The topological polar surface area (TPSA) is 67.9 Å². The number of aliphatic imine (C=N–C) groups is 1. The standard InChI is InChI=1S/C7H13N3O2/c1-12-5-3-9-7(8)10-4-2-6(10)11/h2-5H2,1H3,(H2,8,9). The molecule has 0 spiro atoms. The number of likely N-dealkylation sites (tertiary alicyclic amines) is 1. The van der Waals surface area contributed by atoms with Crippen LogP contribution in [0.3, 0.4) is 0 Å². The molecule has 0 aromatic carbocycles. The summed E-state index contributed by atoms with van der Waals surface area (Å²) in [6.07, 6.45) is 0.584. The van der Waals surface area contributed by atoms with Gasteiger partial charge in [-0.15, -0.1) is 0 Å². The van der Waals surface area contributed by atoms with Crippen LogP contribution >= 0.6 is 0 Å². The first-order valence-electron chi connectivity index (χ1n) is 3.85. The largest absolute Gasteiger partial charge is 0.383 e. The second-order valence-corrected chi connectivity index (χ2v) is 2.53. The third-order valence-corrected chi connectivity index (χ3v) is 1.70. The summed E-state index contributed by atoms with van der Waals surface area (Å²) in [5.74, 6) is 0.358. The van der Waals surface area contributed by atoms with E-state index in [0.717, 1.165) is 0 Å². The molecule has 0 unspecified atom stereocenters. The number of nitrogens with zero attached hydrogens (tertiary/aromatic N) is 2. The van der Waals surface area contributed by atoms with E-state index < -0.39 is 0 Å². The van der Waals surface area contributed by atoms with Gasteiger partial charge in [0, 0.05) is 20.1 Å². The minimum Gasteiger partial charge on any atom is -0.383 e. The molecule has 2 N–H and O–H groups in total. The Kier molecular flexibility index (Phi) is 3.04. The van der Waals surface area contributed by atoms with Gasteiger partial charge in [-0.05, 0) is 0 Å². The Morgan fingerprint density at radius 2 is 2.58 bits per heavy atom. The van der Waals surface area contributed by atoms with Gasteiger partial charge in [-0.1, -0.05) is 0 Å². The molecule has 5 heteroatoms. The van der Waals surface area contributed by atoms with Crippen molar-refractivity contribution in [2.75, 3.05) is 26.8 Å². The van der Waals surface area contributed by atoms with E-state index in [4.69, 9.17) is 10.5 Å². The van der Waals surface area contributed by atoms with Gasteiger partial charge >= 0.3 is 0 Å². The van der Waals surface area contributed by atoms with Gasteiger partial charge in [0.25, 0.3) is 0 Å². The van der Waals surface area contributed by atoms with Crippen molar-refractivity contribution in [1.29, 1.82) is 0 Å². The summed E-state index contributed by atoms with van der Waals surface area (Å²) in [4.78, 5) is 16.3. The number of β-lactam (4-membered cyclic amide) rings is 1. The summed E-state index contributed by atoms with van der Waals surface area (Å²) < 4.78 is 4.78. The van der Waals surface area contributed by atoms with Crippen molar-refractivity contribution >= 4 is 11.9 Å². The number of rotatable bonds is 3. The van der Waals surface area contributed by atoms with Crippen molar-refractivity contribution in [2.24, 2.45) is 10.7 Å². The van der Waals surface area contributed by atoms with Gasteiger partial charge in [-0.3, -0.25) is 14.7 Å². The van der Waals surface area contributed by atoms with Crippen LogP contribution in [0.15, 0.2) is 4.99 Å². The molecule has 0 radical (unpaired) electrons. The average molecular weight is 171 g/mol. The Bertz CT molecular complexity index is 203. The van der Waals surface area contributed by atoms with Gasteiger partial charge in [0.1, 0.15) is 0 Å². The van der Waals surface area contributed by atoms with E-state index in [-0.39, 0.29) is 5.91 Å². The van der Waals surface area contributed by atoms with Crippen LogP contribution in [-0.2, 0) is 9.53 Å². The van der Waals surface area contributed by atoms with Gasteiger partial charge in [0.15, 0.2) is 5.96 Å². The predicted octanol–water partition coefficient (Wildman–Crippen LogP) is -0.820. The van der Waals surface area contributed by atoms with Gasteiger partial charge in [-0.25, -0.2) is 0 Å². The summed E-state index contributed by atoms with van der Waals surface area (Å²) in [5, 5.41) is 0. The Hall–Kier alpha value is -1.10. The molecule has 1 saturated heterocycles. The van der Waals surface area contributed by atoms with Gasteiger partial charge in [0.05, 0.1) is 13.2 Å². The Balaban J connectivity index is 2.30. The molecule has 1 aliphatic rings. The molecule has 0 aromatic heterocycles. The predicted molar refractivity (Wildman–Crippen MR) is 44.7 cm³/mol. The van der Waals surface area contributed by atoms with Crippen LogP contribution in [0, 0.1) is 0 Å². The fraction of sp³-hybridized carbons (Fsp3) is 0.714. The number of hydrogen-bond acceptors (Lipinski definition) is 3. The van der Waals surface area contributed by atoms with Crippen LogP contribution < -0.4 is 5.73 Å². The van der Waals surface area contributed by atoms with Crippen LogP contribution in [0.25, 0.3) is 0 Å². The van der Waals surface area contributed by atoms with E-state index in [0.29, 0.717) is 32.1 Å². The highest BCUT2D eigenvalue weighted by molar-refractivity contribution is 6.00. The first-order valence-corrected chi connectivity index (χ1v) is 3.85. The Labute approximate surface area is 71.2 Å². The number of amides is 1. The number of guanidine groups is 1. The molecule has 12 heavy (non-hydrogen) atoms. The molecule has 0 saturated carbocycles. The molecule has 0 aliphatic carbocycles. The summed E-state index contributed by atoms with van der Waals surface area (Å²) in [5.41, 5.74) is 5.51. The van der Waals surface area contributed by atoms with Crippen LogP contribution in [0.1, 0.15) is 6.42 Å². The van der Waals surface area contributed by atoms with Crippen LogP contribution in [-0.4, -0.2) is 43.6 Å². The third kappa shape index (κ3) is 1.94. The molecule has 1 aliphatic heterocycles. The summed E-state index contributed by atoms with van der Waals surface area (Å²) in [6, 6.07) is 0. The van der Waals surface area contributed by atoms with Crippen molar-refractivity contribution in [3.8, 4) is 0 Å². The lowest BCUT2D eigenvalue weighted by atomic mass is 10.2. The minimum atomic E-state index is 0.0497. The monoisotopic (exact) mass is 171 g/mol. The second-order valence-electron chi connectivity index (χ2n) is 2.53. The molecule has 1 heterocycles. The molecule has 68 valence electrons. The maximum absolute atomic E-state index is 10.8. The third-order valence-electron chi connectivity index (χ3n) is 1.70. The normalized spacial score (nSPS) is 17.9. The van der Waals surface area contributed by atoms with Gasteiger partial charge in [0.2, 0.25) is 5.91 Å². The number of carbonyl (C=O) groups is 1. The molecule has 0 atom stereocenters. The average Bonchev–Trinajstić information content (AvgIpc) is 2.02. The maximum atomic E-state index is 10.8. The van der Waals surface area contributed by atoms with Gasteiger partial charge < -0.3 is 10.5 Å².